The number of anilines is 1. The van der Waals surface area contributed by atoms with Crippen LogP contribution in [0.4, 0.5) is 5.69 Å². The third-order valence-electron chi connectivity index (χ3n) is 5.35. The quantitative estimate of drug-likeness (QED) is 0.272. The molecule has 10 nitrogen and oxygen atoms in total. The number of ether oxygens (including phenoxy) is 2. The Morgan fingerprint density at radius 1 is 1.08 bits per heavy atom. The number of aromatic nitrogens is 3. The molecule has 0 aliphatic carbocycles. The average Bonchev–Trinajstić information content (AvgIpc) is 3.25. The number of hydrogen-bond donors (Lipinski definition) is 2. The van der Waals surface area contributed by atoms with Gasteiger partial charge in [0, 0.05) is 12.7 Å². The molecule has 0 saturated heterocycles. The summed E-state index contributed by atoms with van der Waals surface area (Å²) in [6, 6.07) is 14.2. The van der Waals surface area contributed by atoms with Gasteiger partial charge in [0.2, 0.25) is 5.91 Å². The first-order valence-corrected chi connectivity index (χ1v) is 12.9. The predicted molar refractivity (Wildman–Crippen MR) is 141 cm³/mol. The van der Waals surface area contributed by atoms with E-state index in [0.717, 1.165) is 6.42 Å². The topological polar surface area (TPSA) is 124 Å². The summed E-state index contributed by atoms with van der Waals surface area (Å²) in [5, 5.41) is 14.3. The monoisotopic (exact) mass is 525 g/mol. The van der Waals surface area contributed by atoms with Gasteiger partial charge in [-0.25, -0.2) is 4.79 Å². The molecular formula is C26H31N5O5S. The molecule has 0 unspecified atom stereocenters. The summed E-state index contributed by atoms with van der Waals surface area (Å²) in [7, 11) is 1.76. The second-order valence-corrected chi connectivity index (χ2v) is 9.01. The summed E-state index contributed by atoms with van der Waals surface area (Å²) in [6.45, 7) is 5.93. The maximum Gasteiger partial charge on any atom is 0.338 e. The van der Waals surface area contributed by atoms with Gasteiger partial charge in [0.1, 0.15) is 5.75 Å². The standard InChI is InChI=1S/C26H31N5O5S/c1-5-18-10-12-21(13-11-18)36-17(3)24(33)27-15-22-29-30-26(31(22)4)37-16-23(32)28-20-9-7-8-19(14-20)25(34)35-6-2/h7-14,17H,5-6,15-16H2,1-4H3,(H,27,33)(H,28,32)/t17-/m1/s1. The van der Waals surface area contributed by atoms with Crippen LogP contribution in [0.2, 0.25) is 0 Å². The minimum absolute atomic E-state index is 0.0870. The molecule has 11 heteroatoms. The van der Waals surface area contributed by atoms with Crippen molar-refractivity contribution in [2.45, 2.75) is 45.0 Å². The first-order valence-electron chi connectivity index (χ1n) is 11.9. The van der Waals surface area contributed by atoms with Gasteiger partial charge < -0.3 is 24.7 Å². The lowest BCUT2D eigenvalue weighted by atomic mass is 10.2. The summed E-state index contributed by atoms with van der Waals surface area (Å²) in [6.07, 6.45) is 0.254. The van der Waals surface area contributed by atoms with Gasteiger partial charge in [-0.1, -0.05) is 36.9 Å². The summed E-state index contributed by atoms with van der Waals surface area (Å²) in [5.74, 6) is 0.270. The van der Waals surface area contributed by atoms with Gasteiger partial charge in [-0.3, -0.25) is 9.59 Å². The van der Waals surface area contributed by atoms with E-state index in [1.54, 1.807) is 49.7 Å². The zero-order valence-electron chi connectivity index (χ0n) is 21.3. The lowest BCUT2D eigenvalue weighted by Gasteiger charge is -2.15. The Hall–Kier alpha value is -3.86. The van der Waals surface area contributed by atoms with Gasteiger partial charge in [-0.2, -0.15) is 0 Å². The Balaban J connectivity index is 1.47. The van der Waals surface area contributed by atoms with Crippen molar-refractivity contribution in [2.75, 3.05) is 17.7 Å². The number of benzene rings is 2. The molecule has 0 radical (unpaired) electrons. The van der Waals surface area contributed by atoms with Crippen molar-refractivity contribution >= 4 is 35.2 Å². The predicted octanol–water partition coefficient (Wildman–Crippen LogP) is 3.37. The Bertz CT molecular complexity index is 1230. The van der Waals surface area contributed by atoms with Gasteiger partial charge in [0.05, 0.1) is 24.5 Å². The molecule has 196 valence electrons. The normalized spacial score (nSPS) is 11.5. The Morgan fingerprint density at radius 3 is 2.54 bits per heavy atom. The fourth-order valence-corrected chi connectivity index (χ4v) is 3.99. The molecular weight excluding hydrogens is 494 g/mol. The van der Waals surface area contributed by atoms with Crippen LogP contribution in [-0.4, -0.2) is 51.0 Å². The van der Waals surface area contributed by atoms with E-state index in [9.17, 15) is 14.4 Å². The fourth-order valence-electron chi connectivity index (χ4n) is 3.26. The molecule has 2 amide bonds. The van der Waals surface area contributed by atoms with Crippen molar-refractivity contribution in [1.82, 2.24) is 20.1 Å². The maximum absolute atomic E-state index is 12.5. The number of carbonyl (C=O) groups is 3. The summed E-state index contributed by atoms with van der Waals surface area (Å²) >= 11 is 1.21. The Morgan fingerprint density at radius 2 is 1.84 bits per heavy atom. The van der Waals surface area contributed by atoms with Crippen LogP contribution in [0.25, 0.3) is 0 Å². The number of rotatable bonds is 12. The van der Waals surface area contributed by atoms with Crippen LogP contribution in [-0.2, 0) is 34.3 Å². The van der Waals surface area contributed by atoms with E-state index < -0.39 is 12.1 Å². The van der Waals surface area contributed by atoms with E-state index in [0.29, 0.717) is 28.0 Å². The molecule has 0 spiro atoms. The second-order valence-electron chi connectivity index (χ2n) is 8.07. The summed E-state index contributed by atoms with van der Waals surface area (Å²) in [4.78, 5) is 36.8. The third kappa shape index (κ3) is 8.07. The van der Waals surface area contributed by atoms with Crippen molar-refractivity contribution in [1.29, 1.82) is 0 Å². The maximum atomic E-state index is 12.5. The molecule has 0 fully saturated rings. The third-order valence-corrected chi connectivity index (χ3v) is 6.37. The highest BCUT2D eigenvalue weighted by atomic mass is 32.2. The highest BCUT2D eigenvalue weighted by molar-refractivity contribution is 7.99. The van der Waals surface area contributed by atoms with Crippen molar-refractivity contribution in [2.24, 2.45) is 7.05 Å². The van der Waals surface area contributed by atoms with Gasteiger partial charge in [0.15, 0.2) is 17.1 Å². The second kappa shape index (κ2) is 13.4. The van der Waals surface area contributed by atoms with Crippen molar-refractivity contribution in [3.05, 3.63) is 65.5 Å². The van der Waals surface area contributed by atoms with Crippen molar-refractivity contribution < 1.29 is 23.9 Å². The number of carbonyl (C=O) groups excluding carboxylic acids is 3. The molecule has 37 heavy (non-hydrogen) atoms. The number of thioether (sulfide) groups is 1. The summed E-state index contributed by atoms with van der Waals surface area (Å²) in [5.41, 5.74) is 2.05. The van der Waals surface area contributed by atoms with Gasteiger partial charge in [0.25, 0.3) is 5.91 Å². The van der Waals surface area contributed by atoms with Crippen LogP contribution in [0.15, 0.2) is 53.7 Å². The largest absolute Gasteiger partial charge is 0.481 e. The smallest absolute Gasteiger partial charge is 0.338 e. The molecule has 1 aromatic heterocycles. The van der Waals surface area contributed by atoms with E-state index in [2.05, 4.69) is 27.8 Å². The lowest BCUT2D eigenvalue weighted by molar-refractivity contribution is -0.127. The first-order chi connectivity index (χ1) is 17.8. The lowest BCUT2D eigenvalue weighted by Crippen LogP contribution is -2.36. The SMILES string of the molecule is CCOC(=O)c1cccc(NC(=O)CSc2nnc(CNC(=O)[C@@H](C)Oc3ccc(CC)cc3)n2C)c1. The molecule has 0 bridgehead atoms. The fraction of sp³-hybridized carbons (Fsp3) is 0.346. The van der Waals surface area contributed by atoms with E-state index in [1.807, 2.05) is 24.3 Å². The molecule has 1 atom stereocenters. The highest BCUT2D eigenvalue weighted by Gasteiger charge is 2.17. The number of nitrogens with zero attached hydrogens (tertiary/aromatic N) is 3. The molecule has 0 aliphatic rings. The molecule has 2 N–H and O–H groups in total. The number of nitrogens with one attached hydrogen (secondary N) is 2. The van der Waals surface area contributed by atoms with Gasteiger partial charge in [-0.05, 0) is 56.2 Å². The van der Waals surface area contributed by atoms with Crippen LogP contribution >= 0.6 is 11.8 Å². The molecule has 1 heterocycles. The van der Waals surface area contributed by atoms with E-state index in [-0.39, 0.29) is 30.7 Å². The molecule has 0 aliphatic heterocycles. The Kier molecular flexibility index (Phi) is 10.1. The van der Waals surface area contributed by atoms with Crippen molar-refractivity contribution in [3.63, 3.8) is 0 Å². The average molecular weight is 526 g/mol. The Labute approximate surface area is 220 Å². The van der Waals surface area contributed by atoms with Crippen molar-refractivity contribution in [3.8, 4) is 5.75 Å². The van der Waals surface area contributed by atoms with E-state index >= 15 is 0 Å². The molecule has 3 aromatic rings. The van der Waals surface area contributed by atoms with Crippen LogP contribution in [0.1, 0.15) is 42.5 Å². The van der Waals surface area contributed by atoms with E-state index in [4.69, 9.17) is 9.47 Å². The van der Waals surface area contributed by atoms with Gasteiger partial charge >= 0.3 is 5.97 Å². The van der Waals surface area contributed by atoms with Crippen LogP contribution < -0.4 is 15.4 Å². The molecule has 3 rings (SSSR count). The summed E-state index contributed by atoms with van der Waals surface area (Å²) < 4.78 is 12.4. The highest BCUT2D eigenvalue weighted by Crippen LogP contribution is 2.18. The zero-order chi connectivity index (χ0) is 26.8. The zero-order valence-corrected chi connectivity index (χ0v) is 22.1. The number of hydrogen-bond acceptors (Lipinski definition) is 8. The minimum Gasteiger partial charge on any atom is -0.481 e. The number of amides is 2. The first kappa shape index (κ1) is 27.7. The van der Waals surface area contributed by atoms with E-state index in [1.165, 1.54) is 17.3 Å². The van der Waals surface area contributed by atoms with Crippen LogP contribution in [0, 0.1) is 0 Å². The minimum atomic E-state index is -0.680. The molecule has 2 aromatic carbocycles. The molecule has 0 saturated carbocycles. The number of esters is 1. The van der Waals surface area contributed by atoms with Crippen LogP contribution in [0.3, 0.4) is 0 Å². The number of aryl methyl sites for hydroxylation is 1. The van der Waals surface area contributed by atoms with Gasteiger partial charge in [-0.15, -0.1) is 10.2 Å². The van der Waals surface area contributed by atoms with Crippen LogP contribution in [0.5, 0.6) is 5.75 Å².